The molecule has 176 valence electrons. The van der Waals surface area contributed by atoms with Crippen LogP contribution in [0.5, 0.6) is 5.75 Å². The average molecular weight is 485 g/mol. The Morgan fingerprint density at radius 2 is 2.03 bits per heavy atom. The number of halogens is 3. The zero-order chi connectivity index (χ0) is 23.9. The number of methoxy groups -OCH3 is 1. The lowest BCUT2D eigenvalue weighted by Gasteiger charge is -2.22. The van der Waals surface area contributed by atoms with Crippen LogP contribution in [0, 0.1) is 6.92 Å². The first-order chi connectivity index (χ1) is 16.3. The van der Waals surface area contributed by atoms with E-state index in [2.05, 4.69) is 10.3 Å². The monoisotopic (exact) mass is 484 g/mol. The molecule has 0 saturated carbocycles. The minimum Gasteiger partial charge on any atom is -0.494 e. The number of fused-ring (bicyclic) bond motifs is 1. The molecule has 2 aromatic heterocycles. The van der Waals surface area contributed by atoms with Crippen molar-refractivity contribution >= 4 is 22.2 Å². The number of aryl methyl sites for hydroxylation is 2. The van der Waals surface area contributed by atoms with Crippen LogP contribution in [0.25, 0.3) is 5.69 Å². The molecule has 4 aromatic rings. The van der Waals surface area contributed by atoms with Gasteiger partial charge in [-0.15, -0.1) is 11.3 Å². The Balaban J connectivity index is 1.42. The topological polar surface area (TPSA) is 52.0 Å². The number of hydrogen-bond acceptors (Lipinski definition) is 5. The number of thiazole rings is 1. The molecule has 0 amide bonds. The van der Waals surface area contributed by atoms with E-state index in [9.17, 15) is 13.2 Å². The van der Waals surface area contributed by atoms with E-state index in [1.165, 1.54) is 12.1 Å². The van der Waals surface area contributed by atoms with Gasteiger partial charge in [-0.25, -0.2) is 9.97 Å². The highest BCUT2D eigenvalue weighted by Gasteiger charge is 2.32. The molecule has 0 fully saturated rings. The molecule has 0 radical (unpaired) electrons. The summed E-state index contributed by atoms with van der Waals surface area (Å²) in [5.41, 5.74) is 3.51. The number of ether oxygens (including phenoxy) is 1. The Hall–Kier alpha value is -3.33. The average Bonchev–Trinajstić information content (AvgIpc) is 3.44. The van der Waals surface area contributed by atoms with Crippen molar-refractivity contribution in [2.45, 2.75) is 38.3 Å². The minimum absolute atomic E-state index is 0.140. The molecule has 34 heavy (non-hydrogen) atoms. The van der Waals surface area contributed by atoms with Gasteiger partial charge in [-0.1, -0.05) is 18.2 Å². The van der Waals surface area contributed by atoms with Crippen LogP contribution in [-0.2, 0) is 12.6 Å². The van der Waals surface area contributed by atoms with E-state index in [1.807, 2.05) is 35.9 Å². The Labute approximate surface area is 199 Å². The molecule has 0 saturated heterocycles. The Bertz CT molecular complexity index is 1330. The van der Waals surface area contributed by atoms with E-state index < -0.39 is 11.7 Å². The number of benzene rings is 2. The van der Waals surface area contributed by atoms with Crippen LogP contribution in [0.1, 0.15) is 46.2 Å². The lowest BCUT2D eigenvalue weighted by molar-refractivity contribution is -0.137. The van der Waals surface area contributed by atoms with Crippen LogP contribution in [-0.4, -0.2) is 21.6 Å². The highest BCUT2D eigenvalue weighted by molar-refractivity contribution is 7.15. The molecule has 1 unspecified atom stereocenters. The van der Waals surface area contributed by atoms with Gasteiger partial charge in [0, 0.05) is 28.7 Å². The molecule has 2 aromatic carbocycles. The maximum Gasteiger partial charge on any atom is 0.416 e. The lowest BCUT2D eigenvalue weighted by atomic mass is 9.85. The number of nitrogens with zero attached hydrogens (tertiary/aromatic N) is 3. The molecule has 0 aliphatic heterocycles. The number of alkyl halides is 3. The SMILES string of the molecule is COc1cc(Nc2nc3c(s2)CCCC3c2cccc(C(F)(F)F)c2)ccc1-n1cnc(C)c1. The zero-order valence-electron chi connectivity index (χ0n) is 18.7. The Morgan fingerprint density at radius 1 is 1.18 bits per heavy atom. The summed E-state index contributed by atoms with van der Waals surface area (Å²) in [6, 6.07) is 11.4. The van der Waals surface area contributed by atoms with Crippen LogP contribution >= 0.6 is 11.3 Å². The van der Waals surface area contributed by atoms with E-state index in [0.717, 1.165) is 58.1 Å². The van der Waals surface area contributed by atoms with Crippen molar-refractivity contribution in [2.24, 2.45) is 0 Å². The number of aromatic nitrogens is 3. The Kier molecular flexibility index (Phi) is 5.81. The third kappa shape index (κ3) is 4.40. The number of anilines is 2. The smallest absolute Gasteiger partial charge is 0.416 e. The van der Waals surface area contributed by atoms with Crippen LogP contribution < -0.4 is 10.1 Å². The zero-order valence-corrected chi connectivity index (χ0v) is 19.5. The van der Waals surface area contributed by atoms with Gasteiger partial charge in [-0.3, -0.25) is 0 Å². The summed E-state index contributed by atoms with van der Waals surface area (Å²) in [4.78, 5) is 10.2. The normalized spacial score (nSPS) is 15.7. The van der Waals surface area contributed by atoms with Crippen molar-refractivity contribution in [1.29, 1.82) is 0 Å². The molecule has 5 nitrogen and oxygen atoms in total. The van der Waals surface area contributed by atoms with Gasteiger partial charge in [0.05, 0.1) is 36.1 Å². The first-order valence-electron chi connectivity index (χ1n) is 10.9. The maximum atomic E-state index is 13.2. The number of nitrogens with one attached hydrogen (secondary N) is 1. The van der Waals surface area contributed by atoms with E-state index >= 15 is 0 Å². The molecule has 1 aliphatic carbocycles. The fourth-order valence-electron chi connectivity index (χ4n) is 4.37. The highest BCUT2D eigenvalue weighted by Crippen LogP contribution is 2.42. The van der Waals surface area contributed by atoms with Gasteiger partial charge >= 0.3 is 6.18 Å². The largest absolute Gasteiger partial charge is 0.494 e. The minimum atomic E-state index is -4.36. The van der Waals surface area contributed by atoms with Crippen LogP contribution in [0.2, 0.25) is 0 Å². The van der Waals surface area contributed by atoms with Crippen LogP contribution in [0.3, 0.4) is 0 Å². The summed E-state index contributed by atoms with van der Waals surface area (Å²) < 4.78 is 47.2. The predicted molar refractivity (Wildman–Crippen MR) is 126 cm³/mol. The molecule has 2 heterocycles. The molecule has 1 atom stereocenters. The second kappa shape index (κ2) is 8.79. The lowest BCUT2D eigenvalue weighted by Crippen LogP contribution is -2.12. The fourth-order valence-corrected chi connectivity index (χ4v) is 5.46. The van der Waals surface area contributed by atoms with Crippen molar-refractivity contribution in [3.05, 3.63) is 82.4 Å². The predicted octanol–water partition coefficient (Wildman–Crippen LogP) is 6.88. The standard InChI is InChI=1S/C25H23F3N4OS/c1-15-13-32(14-29-15)20-10-9-18(12-21(20)33-2)30-24-31-23-19(7-4-8-22(23)34-24)16-5-3-6-17(11-16)25(26,27)28/h3,5-6,9-14,19H,4,7-8H2,1-2H3,(H,30,31). The van der Waals surface area contributed by atoms with Gasteiger partial charge in [0.25, 0.3) is 0 Å². The van der Waals surface area contributed by atoms with Gasteiger partial charge in [-0.2, -0.15) is 13.2 Å². The first kappa shape index (κ1) is 22.5. The van der Waals surface area contributed by atoms with Crippen molar-refractivity contribution in [2.75, 3.05) is 12.4 Å². The summed E-state index contributed by atoms with van der Waals surface area (Å²) in [6.45, 7) is 1.93. The van der Waals surface area contributed by atoms with E-state index in [4.69, 9.17) is 9.72 Å². The highest BCUT2D eigenvalue weighted by atomic mass is 32.1. The number of hydrogen-bond donors (Lipinski definition) is 1. The van der Waals surface area contributed by atoms with Gasteiger partial charge in [-0.05, 0) is 49.9 Å². The van der Waals surface area contributed by atoms with E-state index in [1.54, 1.807) is 30.8 Å². The van der Waals surface area contributed by atoms with Gasteiger partial charge in [0.15, 0.2) is 5.13 Å². The summed E-state index contributed by atoms with van der Waals surface area (Å²) in [5.74, 6) is 0.546. The van der Waals surface area contributed by atoms with Crippen molar-refractivity contribution in [1.82, 2.24) is 14.5 Å². The third-order valence-corrected chi connectivity index (χ3v) is 7.04. The third-order valence-electron chi connectivity index (χ3n) is 5.99. The Morgan fingerprint density at radius 3 is 2.76 bits per heavy atom. The molecule has 0 spiro atoms. The molecule has 1 aliphatic rings. The maximum absolute atomic E-state index is 13.2. The molecular formula is C25H23F3N4OS. The molecule has 0 bridgehead atoms. The van der Waals surface area contributed by atoms with Crippen LogP contribution in [0.4, 0.5) is 24.0 Å². The molecule has 9 heteroatoms. The van der Waals surface area contributed by atoms with E-state index in [0.29, 0.717) is 11.3 Å². The van der Waals surface area contributed by atoms with Crippen molar-refractivity contribution in [3.63, 3.8) is 0 Å². The first-order valence-corrected chi connectivity index (χ1v) is 11.8. The summed E-state index contributed by atoms with van der Waals surface area (Å²) in [7, 11) is 1.62. The number of rotatable bonds is 5. The molecule has 1 N–H and O–H groups in total. The fraction of sp³-hybridized carbons (Fsp3) is 0.280. The summed E-state index contributed by atoms with van der Waals surface area (Å²) in [5, 5.41) is 4.07. The van der Waals surface area contributed by atoms with Gasteiger partial charge in [0.1, 0.15) is 5.75 Å². The molecule has 5 rings (SSSR count). The molecular weight excluding hydrogens is 461 g/mol. The van der Waals surface area contributed by atoms with Gasteiger partial charge < -0.3 is 14.6 Å². The summed E-state index contributed by atoms with van der Waals surface area (Å²) in [6.07, 6.45) is 1.89. The number of imidazole rings is 1. The second-order valence-corrected chi connectivity index (χ2v) is 9.41. The van der Waals surface area contributed by atoms with E-state index in [-0.39, 0.29) is 5.92 Å². The second-order valence-electron chi connectivity index (χ2n) is 8.33. The van der Waals surface area contributed by atoms with Crippen molar-refractivity contribution in [3.8, 4) is 11.4 Å². The quantitative estimate of drug-likeness (QED) is 0.336. The van der Waals surface area contributed by atoms with Crippen molar-refractivity contribution < 1.29 is 17.9 Å². The van der Waals surface area contributed by atoms with Gasteiger partial charge in [0.2, 0.25) is 0 Å². The van der Waals surface area contributed by atoms with Crippen LogP contribution in [0.15, 0.2) is 55.0 Å². The summed E-state index contributed by atoms with van der Waals surface area (Å²) >= 11 is 1.56.